The van der Waals surface area contributed by atoms with Gasteiger partial charge in [0.25, 0.3) is 0 Å². The third kappa shape index (κ3) is 4.21. The predicted octanol–water partition coefficient (Wildman–Crippen LogP) is 3.81. The molecule has 106 valence electrons. The Morgan fingerprint density at radius 2 is 1.89 bits per heavy atom. The van der Waals surface area contributed by atoms with Gasteiger partial charge in [-0.15, -0.1) is 0 Å². The topological polar surface area (TPSA) is 15.3 Å². The SMILES string of the molecule is FC(F)C[C@H](c1cc(Br)ccc1Br)N1CCNCC1. The summed E-state index contributed by atoms with van der Waals surface area (Å²) in [5.41, 5.74) is 0.927. The predicted molar refractivity (Wildman–Crippen MR) is 79.6 cm³/mol. The number of hydrogen-bond acceptors (Lipinski definition) is 2. The van der Waals surface area contributed by atoms with Gasteiger partial charge < -0.3 is 5.32 Å². The Bertz CT molecular complexity index is 423. The summed E-state index contributed by atoms with van der Waals surface area (Å²) < 4.78 is 27.6. The maximum Gasteiger partial charge on any atom is 0.240 e. The van der Waals surface area contributed by atoms with E-state index in [9.17, 15) is 8.78 Å². The van der Waals surface area contributed by atoms with Crippen LogP contribution in [0.1, 0.15) is 18.0 Å². The van der Waals surface area contributed by atoms with Gasteiger partial charge in [-0.25, -0.2) is 8.78 Å². The van der Waals surface area contributed by atoms with Crippen LogP contribution in [0.25, 0.3) is 0 Å². The highest BCUT2D eigenvalue weighted by Crippen LogP contribution is 2.34. The molecule has 2 nitrogen and oxygen atoms in total. The van der Waals surface area contributed by atoms with E-state index >= 15 is 0 Å². The molecule has 1 aromatic carbocycles. The molecule has 0 amide bonds. The van der Waals surface area contributed by atoms with Crippen LogP contribution in [0, 0.1) is 0 Å². The van der Waals surface area contributed by atoms with Crippen LogP contribution < -0.4 is 5.32 Å². The molecule has 0 bridgehead atoms. The quantitative estimate of drug-likeness (QED) is 0.830. The Balaban J connectivity index is 2.27. The van der Waals surface area contributed by atoms with Crippen LogP contribution in [0.15, 0.2) is 27.1 Å². The molecule has 6 heteroatoms. The minimum absolute atomic E-state index is 0.130. The van der Waals surface area contributed by atoms with Crippen LogP contribution in [0.3, 0.4) is 0 Å². The standard InChI is InChI=1S/C13H16Br2F2N2/c14-9-1-2-11(15)10(7-9)12(8-13(16)17)19-5-3-18-4-6-19/h1-2,7,12-13,18H,3-6,8H2/t12-/m1/s1. The largest absolute Gasteiger partial charge is 0.314 e. The van der Waals surface area contributed by atoms with Crippen LogP contribution in [-0.2, 0) is 0 Å². The number of alkyl halides is 2. The number of halogens is 4. The molecule has 1 fully saturated rings. The lowest BCUT2D eigenvalue weighted by Crippen LogP contribution is -2.45. The Kier molecular flexibility index (Phi) is 5.74. The third-order valence-corrected chi connectivity index (χ3v) is 4.53. The summed E-state index contributed by atoms with van der Waals surface area (Å²) in [6.45, 7) is 3.31. The molecule has 1 aliphatic rings. The first-order chi connectivity index (χ1) is 9.08. The van der Waals surface area contributed by atoms with Gasteiger partial charge in [0, 0.05) is 47.6 Å². The van der Waals surface area contributed by atoms with Gasteiger partial charge in [-0.2, -0.15) is 0 Å². The summed E-state index contributed by atoms with van der Waals surface area (Å²) >= 11 is 6.90. The Labute approximate surface area is 128 Å². The normalized spacial score (nSPS) is 18.8. The summed E-state index contributed by atoms with van der Waals surface area (Å²) in [5.74, 6) is 0. The fraction of sp³-hybridized carbons (Fsp3) is 0.538. The van der Waals surface area contributed by atoms with E-state index in [-0.39, 0.29) is 12.5 Å². The molecule has 1 atom stereocenters. The lowest BCUT2D eigenvalue weighted by Gasteiger charge is -2.35. The van der Waals surface area contributed by atoms with Crippen LogP contribution in [0.4, 0.5) is 8.78 Å². The maximum atomic E-state index is 12.9. The molecule has 0 unspecified atom stereocenters. The van der Waals surface area contributed by atoms with E-state index < -0.39 is 6.43 Å². The Morgan fingerprint density at radius 3 is 2.53 bits per heavy atom. The smallest absolute Gasteiger partial charge is 0.240 e. The van der Waals surface area contributed by atoms with Gasteiger partial charge in [0.1, 0.15) is 0 Å². The zero-order chi connectivity index (χ0) is 13.8. The summed E-state index contributed by atoms with van der Waals surface area (Å²) in [6, 6.07) is 5.50. The van der Waals surface area contributed by atoms with Gasteiger partial charge in [0.15, 0.2) is 0 Å². The molecule has 1 aliphatic heterocycles. The second-order valence-electron chi connectivity index (χ2n) is 4.59. The zero-order valence-electron chi connectivity index (χ0n) is 10.4. The monoisotopic (exact) mass is 396 g/mol. The molecule has 0 radical (unpaired) electrons. The Morgan fingerprint density at radius 1 is 1.21 bits per heavy atom. The Hall–Kier alpha value is -0.0400. The molecule has 0 aromatic heterocycles. The van der Waals surface area contributed by atoms with Gasteiger partial charge in [0.2, 0.25) is 6.43 Å². The first-order valence-corrected chi connectivity index (χ1v) is 7.84. The fourth-order valence-corrected chi connectivity index (χ4v) is 3.29. The van der Waals surface area contributed by atoms with Crippen molar-refractivity contribution in [3.63, 3.8) is 0 Å². The van der Waals surface area contributed by atoms with Crippen molar-refractivity contribution in [3.8, 4) is 0 Å². The van der Waals surface area contributed by atoms with Crippen molar-refractivity contribution < 1.29 is 8.78 Å². The molecule has 0 saturated carbocycles. The third-order valence-electron chi connectivity index (χ3n) is 3.31. The molecule has 0 spiro atoms. The lowest BCUT2D eigenvalue weighted by molar-refractivity contribution is 0.0736. The minimum atomic E-state index is -2.30. The van der Waals surface area contributed by atoms with Gasteiger partial charge >= 0.3 is 0 Å². The molecule has 1 heterocycles. The van der Waals surface area contributed by atoms with Gasteiger partial charge in [0.05, 0.1) is 0 Å². The first-order valence-electron chi connectivity index (χ1n) is 6.26. The van der Waals surface area contributed by atoms with E-state index in [0.717, 1.165) is 40.7 Å². The average Bonchev–Trinajstić information content (AvgIpc) is 2.40. The second kappa shape index (κ2) is 7.11. The second-order valence-corrected chi connectivity index (χ2v) is 6.36. The van der Waals surface area contributed by atoms with Crippen LogP contribution in [0.5, 0.6) is 0 Å². The molecule has 19 heavy (non-hydrogen) atoms. The highest BCUT2D eigenvalue weighted by molar-refractivity contribution is 9.11. The highest BCUT2D eigenvalue weighted by Gasteiger charge is 2.26. The molecular formula is C13H16Br2F2N2. The van der Waals surface area contributed by atoms with E-state index in [1.165, 1.54) is 0 Å². The van der Waals surface area contributed by atoms with Crippen molar-refractivity contribution in [3.05, 3.63) is 32.7 Å². The maximum absolute atomic E-state index is 12.9. The number of piperazine rings is 1. The van der Waals surface area contributed by atoms with Crippen molar-refractivity contribution in [1.29, 1.82) is 0 Å². The van der Waals surface area contributed by atoms with Crippen molar-refractivity contribution in [1.82, 2.24) is 10.2 Å². The van der Waals surface area contributed by atoms with Crippen molar-refractivity contribution in [2.75, 3.05) is 26.2 Å². The lowest BCUT2D eigenvalue weighted by atomic mass is 10.0. The summed E-state index contributed by atoms with van der Waals surface area (Å²) in [6.07, 6.45) is -2.43. The number of nitrogens with zero attached hydrogens (tertiary/aromatic N) is 1. The van der Waals surface area contributed by atoms with Gasteiger partial charge in [-0.3, -0.25) is 4.90 Å². The fourth-order valence-electron chi connectivity index (χ4n) is 2.41. The molecular weight excluding hydrogens is 382 g/mol. The molecule has 1 aromatic rings. The number of nitrogens with one attached hydrogen (secondary N) is 1. The molecule has 1 N–H and O–H groups in total. The highest BCUT2D eigenvalue weighted by atomic mass is 79.9. The molecule has 1 saturated heterocycles. The number of hydrogen-bond donors (Lipinski definition) is 1. The van der Waals surface area contributed by atoms with E-state index in [1.54, 1.807) is 0 Å². The number of rotatable bonds is 4. The van der Waals surface area contributed by atoms with Crippen LogP contribution in [0.2, 0.25) is 0 Å². The van der Waals surface area contributed by atoms with Gasteiger partial charge in [-0.05, 0) is 23.8 Å². The zero-order valence-corrected chi connectivity index (χ0v) is 13.6. The van der Waals surface area contributed by atoms with Gasteiger partial charge in [-0.1, -0.05) is 31.9 Å². The summed E-state index contributed by atoms with van der Waals surface area (Å²) in [5, 5.41) is 3.25. The van der Waals surface area contributed by atoms with Crippen molar-refractivity contribution in [2.45, 2.75) is 18.9 Å². The van der Waals surface area contributed by atoms with E-state index in [0.29, 0.717) is 0 Å². The number of benzene rings is 1. The molecule has 2 rings (SSSR count). The summed E-state index contributed by atoms with van der Waals surface area (Å²) in [4.78, 5) is 2.13. The average molecular weight is 398 g/mol. The minimum Gasteiger partial charge on any atom is -0.314 e. The van der Waals surface area contributed by atoms with Crippen LogP contribution in [-0.4, -0.2) is 37.5 Å². The van der Waals surface area contributed by atoms with Crippen molar-refractivity contribution >= 4 is 31.9 Å². The van der Waals surface area contributed by atoms with E-state index in [4.69, 9.17) is 0 Å². The van der Waals surface area contributed by atoms with Crippen LogP contribution >= 0.6 is 31.9 Å². The van der Waals surface area contributed by atoms with E-state index in [1.807, 2.05) is 18.2 Å². The first kappa shape index (κ1) is 15.4. The van der Waals surface area contributed by atoms with E-state index in [2.05, 4.69) is 42.1 Å². The van der Waals surface area contributed by atoms with Crippen molar-refractivity contribution in [2.24, 2.45) is 0 Å². The summed E-state index contributed by atoms with van der Waals surface area (Å²) in [7, 11) is 0. The molecule has 0 aliphatic carbocycles.